The van der Waals surface area contributed by atoms with Crippen molar-refractivity contribution in [1.82, 2.24) is 9.88 Å². The second kappa shape index (κ2) is 7.92. The lowest BCUT2D eigenvalue weighted by Gasteiger charge is -2.14. The number of rotatable bonds is 8. The molecule has 0 bridgehead atoms. The lowest BCUT2D eigenvalue weighted by molar-refractivity contribution is -0.141. The minimum Gasteiger partial charge on any atom is -0.497 e. The molecule has 0 radical (unpaired) electrons. The number of benzene rings is 1. The van der Waals surface area contributed by atoms with E-state index in [9.17, 15) is 9.59 Å². The van der Waals surface area contributed by atoms with Crippen molar-refractivity contribution in [2.75, 3.05) is 19.1 Å². The maximum atomic E-state index is 12.1. The van der Waals surface area contributed by atoms with Crippen LogP contribution in [0.25, 0.3) is 10.9 Å². The van der Waals surface area contributed by atoms with Gasteiger partial charge in [0.15, 0.2) is 0 Å². The van der Waals surface area contributed by atoms with E-state index in [1.54, 1.807) is 29.6 Å². The lowest BCUT2D eigenvalue weighted by Crippen LogP contribution is -2.42. The van der Waals surface area contributed by atoms with Crippen molar-refractivity contribution in [2.45, 2.75) is 19.0 Å². The summed E-state index contributed by atoms with van der Waals surface area (Å²) in [5, 5.41) is 12.7. The molecule has 0 fully saturated rings. The number of carbonyl (C=O) groups excluding carboxylic acids is 1. The first-order valence-electron chi connectivity index (χ1n) is 7.19. The van der Waals surface area contributed by atoms with Crippen molar-refractivity contribution < 1.29 is 19.4 Å². The van der Waals surface area contributed by atoms with Gasteiger partial charge in [0.05, 0.1) is 7.11 Å². The number of nitrogens with one attached hydrogen (secondary N) is 1. The third-order valence-corrected chi connectivity index (χ3v) is 4.18. The van der Waals surface area contributed by atoms with E-state index in [4.69, 9.17) is 9.84 Å². The number of amides is 1. The summed E-state index contributed by atoms with van der Waals surface area (Å²) in [7, 11) is 1.60. The largest absolute Gasteiger partial charge is 0.497 e. The highest BCUT2D eigenvalue weighted by Gasteiger charge is 2.19. The molecule has 1 aromatic heterocycles. The number of aromatic nitrogens is 1. The summed E-state index contributed by atoms with van der Waals surface area (Å²) in [5.74, 6) is 0.118. The Morgan fingerprint density at radius 2 is 2.17 bits per heavy atom. The second-order valence-electron chi connectivity index (χ2n) is 5.11. The van der Waals surface area contributed by atoms with Gasteiger partial charge in [-0.05, 0) is 42.7 Å². The maximum absolute atomic E-state index is 12.1. The number of carboxylic acids is 1. The van der Waals surface area contributed by atoms with Crippen LogP contribution in [0, 0.1) is 0 Å². The van der Waals surface area contributed by atoms with Gasteiger partial charge >= 0.3 is 5.97 Å². The molecule has 2 rings (SSSR count). The average molecular weight is 336 g/mol. The van der Waals surface area contributed by atoms with E-state index < -0.39 is 12.0 Å². The predicted molar refractivity (Wildman–Crippen MR) is 91.1 cm³/mol. The third-order valence-electron chi connectivity index (χ3n) is 3.54. The number of nitrogens with zero attached hydrogens (tertiary/aromatic N) is 1. The van der Waals surface area contributed by atoms with Crippen molar-refractivity contribution in [3.63, 3.8) is 0 Å². The van der Waals surface area contributed by atoms with Crippen molar-refractivity contribution in [3.8, 4) is 5.75 Å². The Morgan fingerprint density at radius 1 is 1.39 bits per heavy atom. The topological polar surface area (TPSA) is 80.6 Å². The van der Waals surface area contributed by atoms with E-state index in [2.05, 4.69) is 5.32 Å². The van der Waals surface area contributed by atoms with Crippen LogP contribution >= 0.6 is 11.8 Å². The quantitative estimate of drug-likeness (QED) is 0.770. The molecule has 0 aliphatic rings. The summed E-state index contributed by atoms with van der Waals surface area (Å²) in [6, 6.07) is 6.64. The highest BCUT2D eigenvalue weighted by atomic mass is 32.2. The number of hydrogen-bond acceptors (Lipinski definition) is 4. The van der Waals surface area contributed by atoms with E-state index in [0.29, 0.717) is 12.2 Å². The fraction of sp³-hybridized carbons (Fsp3) is 0.375. The molecule has 23 heavy (non-hydrogen) atoms. The Hall–Kier alpha value is -2.15. The van der Waals surface area contributed by atoms with Gasteiger partial charge in [-0.25, -0.2) is 4.79 Å². The third kappa shape index (κ3) is 4.41. The number of fused-ring (bicyclic) bond motifs is 1. The number of carboxylic acid groups (broad SMARTS) is 1. The normalized spacial score (nSPS) is 12.1. The average Bonchev–Trinajstić information content (AvgIpc) is 2.93. The van der Waals surface area contributed by atoms with Gasteiger partial charge in [0.1, 0.15) is 18.3 Å². The number of thioether (sulfide) groups is 1. The highest BCUT2D eigenvalue weighted by Crippen LogP contribution is 2.21. The van der Waals surface area contributed by atoms with Crippen molar-refractivity contribution in [1.29, 1.82) is 0 Å². The van der Waals surface area contributed by atoms with Gasteiger partial charge in [-0.2, -0.15) is 11.8 Å². The molecule has 6 nitrogen and oxygen atoms in total. The van der Waals surface area contributed by atoms with E-state index in [-0.39, 0.29) is 12.5 Å². The number of aliphatic carboxylic acids is 1. The molecule has 1 heterocycles. The van der Waals surface area contributed by atoms with Gasteiger partial charge in [0.2, 0.25) is 5.91 Å². The first-order valence-corrected chi connectivity index (χ1v) is 8.58. The zero-order valence-corrected chi connectivity index (χ0v) is 13.9. The van der Waals surface area contributed by atoms with Crippen molar-refractivity contribution in [2.24, 2.45) is 0 Å². The fourth-order valence-electron chi connectivity index (χ4n) is 2.33. The van der Waals surface area contributed by atoms with Crippen LogP contribution in [0.5, 0.6) is 5.75 Å². The summed E-state index contributed by atoms with van der Waals surface area (Å²) in [6.07, 6.45) is 4.12. The van der Waals surface area contributed by atoms with Crippen LogP contribution in [0.15, 0.2) is 30.5 Å². The Balaban J connectivity index is 2.06. The minimum atomic E-state index is -1.01. The van der Waals surface area contributed by atoms with Crippen LogP contribution in [0.4, 0.5) is 0 Å². The second-order valence-corrected chi connectivity index (χ2v) is 6.09. The summed E-state index contributed by atoms with van der Waals surface area (Å²) in [4.78, 5) is 23.3. The molecule has 1 amide bonds. The molecule has 0 saturated carbocycles. The number of hydrogen-bond donors (Lipinski definition) is 2. The molecule has 1 aromatic carbocycles. The Morgan fingerprint density at radius 3 is 2.83 bits per heavy atom. The Bertz CT molecular complexity index is 698. The predicted octanol–water partition coefficient (Wildman–Crippen LogP) is 1.97. The summed E-state index contributed by atoms with van der Waals surface area (Å²) >= 11 is 1.55. The van der Waals surface area contributed by atoms with Crippen LogP contribution in [0.3, 0.4) is 0 Å². The molecule has 1 unspecified atom stereocenters. The first kappa shape index (κ1) is 17.2. The number of methoxy groups -OCH3 is 1. The van der Waals surface area contributed by atoms with Crippen LogP contribution < -0.4 is 10.1 Å². The van der Waals surface area contributed by atoms with Crippen molar-refractivity contribution in [3.05, 3.63) is 30.5 Å². The zero-order valence-electron chi connectivity index (χ0n) is 13.1. The van der Waals surface area contributed by atoms with Crippen LogP contribution in [-0.4, -0.2) is 46.7 Å². The molecule has 2 aromatic rings. The number of ether oxygens (including phenoxy) is 1. The van der Waals surface area contributed by atoms with Crippen molar-refractivity contribution >= 4 is 34.5 Å². The Kier molecular flexibility index (Phi) is 5.92. The van der Waals surface area contributed by atoms with Gasteiger partial charge in [-0.1, -0.05) is 0 Å². The van der Waals surface area contributed by atoms with Crippen LogP contribution in [0.1, 0.15) is 6.42 Å². The minimum absolute atomic E-state index is 0.0822. The SMILES string of the molecule is COc1ccc2c(ccn2CC(=O)NC(CCSC)C(=O)O)c1. The van der Waals surface area contributed by atoms with Gasteiger partial charge in [-0.15, -0.1) is 0 Å². The van der Waals surface area contributed by atoms with E-state index in [1.807, 2.05) is 30.5 Å². The summed E-state index contributed by atoms with van der Waals surface area (Å²) in [6.45, 7) is 0.0822. The smallest absolute Gasteiger partial charge is 0.326 e. The molecule has 0 aliphatic carbocycles. The molecular weight excluding hydrogens is 316 g/mol. The summed E-state index contributed by atoms with van der Waals surface area (Å²) in [5.41, 5.74) is 0.900. The van der Waals surface area contributed by atoms with Gasteiger partial charge < -0.3 is 19.7 Å². The van der Waals surface area contributed by atoms with E-state index in [0.717, 1.165) is 16.7 Å². The molecule has 2 N–H and O–H groups in total. The molecule has 0 spiro atoms. The van der Waals surface area contributed by atoms with E-state index >= 15 is 0 Å². The molecule has 1 atom stereocenters. The lowest BCUT2D eigenvalue weighted by atomic mass is 10.2. The van der Waals surface area contributed by atoms with E-state index in [1.165, 1.54) is 0 Å². The highest BCUT2D eigenvalue weighted by molar-refractivity contribution is 7.98. The van der Waals surface area contributed by atoms with Crippen LogP contribution in [0.2, 0.25) is 0 Å². The Labute approximate surface area is 138 Å². The fourth-order valence-corrected chi connectivity index (χ4v) is 2.80. The molecular formula is C16H20N2O4S. The maximum Gasteiger partial charge on any atom is 0.326 e. The zero-order chi connectivity index (χ0) is 16.8. The molecule has 7 heteroatoms. The van der Waals surface area contributed by atoms with Gasteiger partial charge in [0.25, 0.3) is 0 Å². The van der Waals surface area contributed by atoms with Gasteiger partial charge in [0, 0.05) is 17.1 Å². The van der Waals surface area contributed by atoms with Gasteiger partial charge in [-0.3, -0.25) is 4.79 Å². The summed E-state index contributed by atoms with van der Waals surface area (Å²) < 4.78 is 6.96. The molecule has 0 aliphatic heterocycles. The monoisotopic (exact) mass is 336 g/mol. The van der Waals surface area contributed by atoms with Crippen LogP contribution in [-0.2, 0) is 16.1 Å². The first-order chi connectivity index (χ1) is 11.0. The number of carbonyl (C=O) groups is 2. The molecule has 0 saturated heterocycles. The standard InChI is InChI=1S/C16H20N2O4S/c1-22-12-3-4-14-11(9-12)5-7-18(14)10-15(19)17-13(16(20)21)6-8-23-2/h3-5,7,9,13H,6,8,10H2,1-2H3,(H,17,19)(H,20,21). The molecule has 124 valence electrons.